The number of carbonyl (C=O) groups is 1. The second kappa shape index (κ2) is 5.76. The van der Waals surface area contributed by atoms with Gasteiger partial charge in [0.05, 0.1) is 6.26 Å². The molecule has 2 aromatic rings. The fourth-order valence-electron chi connectivity index (χ4n) is 1.35. The average molecular weight is 247 g/mol. The van der Waals surface area contributed by atoms with Crippen molar-refractivity contribution < 1.29 is 9.21 Å². The normalized spacial score (nSPS) is 10.9. The lowest BCUT2D eigenvalue weighted by Gasteiger charge is -2.01. The molecule has 18 heavy (non-hydrogen) atoms. The summed E-state index contributed by atoms with van der Waals surface area (Å²) in [5.41, 5.74) is 0. The van der Waals surface area contributed by atoms with Gasteiger partial charge in [-0.25, -0.2) is 4.68 Å². The van der Waals surface area contributed by atoms with Crippen LogP contribution in [0.5, 0.6) is 0 Å². The summed E-state index contributed by atoms with van der Waals surface area (Å²) in [4.78, 5) is 11.6. The molecule has 0 radical (unpaired) electrons. The minimum absolute atomic E-state index is 0.307. The Morgan fingerprint density at radius 1 is 1.61 bits per heavy atom. The van der Waals surface area contributed by atoms with Gasteiger partial charge in [0.2, 0.25) is 5.95 Å². The zero-order valence-corrected chi connectivity index (χ0v) is 9.91. The molecule has 0 aliphatic carbocycles. The molecule has 0 atom stereocenters. The highest BCUT2D eigenvalue weighted by Crippen LogP contribution is 2.04. The topological polar surface area (TPSA) is 85.8 Å². The summed E-state index contributed by atoms with van der Waals surface area (Å²) in [5.74, 6) is 0.641. The van der Waals surface area contributed by atoms with Gasteiger partial charge in [-0.05, 0) is 35.1 Å². The third-order valence-electron chi connectivity index (χ3n) is 2.14. The van der Waals surface area contributed by atoms with Gasteiger partial charge in [-0.15, -0.1) is 0 Å². The van der Waals surface area contributed by atoms with E-state index in [1.165, 1.54) is 6.08 Å². The lowest BCUT2D eigenvalue weighted by Crippen LogP contribution is -2.14. The number of nitrogens with zero attached hydrogens (tertiary/aromatic N) is 4. The summed E-state index contributed by atoms with van der Waals surface area (Å²) >= 11 is 0. The standard InChI is InChI=1S/C11H13N5O2/c1-2-7-16-11(13-14-15-16)12-10(17)6-5-9-4-3-8-18-9/h3-6,8H,2,7H2,1H3,(H,12,13,15,17)/b6-5+. The van der Waals surface area contributed by atoms with E-state index in [4.69, 9.17) is 4.42 Å². The molecule has 7 nitrogen and oxygen atoms in total. The third kappa shape index (κ3) is 3.03. The van der Waals surface area contributed by atoms with Gasteiger partial charge >= 0.3 is 0 Å². The minimum Gasteiger partial charge on any atom is -0.465 e. The van der Waals surface area contributed by atoms with E-state index >= 15 is 0 Å². The van der Waals surface area contributed by atoms with Crippen LogP contribution in [0.25, 0.3) is 6.08 Å². The van der Waals surface area contributed by atoms with Crippen molar-refractivity contribution in [1.82, 2.24) is 20.2 Å². The highest BCUT2D eigenvalue weighted by atomic mass is 16.3. The van der Waals surface area contributed by atoms with Crippen molar-refractivity contribution in [3.8, 4) is 0 Å². The number of aryl methyl sites for hydroxylation is 1. The van der Waals surface area contributed by atoms with E-state index in [0.29, 0.717) is 18.3 Å². The van der Waals surface area contributed by atoms with Crippen LogP contribution in [0, 0.1) is 0 Å². The predicted octanol–water partition coefficient (Wildman–Crippen LogP) is 1.33. The van der Waals surface area contributed by atoms with E-state index < -0.39 is 0 Å². The fraction of sp³-hybridized carbons (Fsp3) is 0.273. The summed E-state index contributed by atoms with van der Waals surface area (Å²) in [5, 5.41) is 13.6. The number of rotatable bonds is 5. The molecular formula is C11H13N5O2. The monoisotopic (exact) mass is 247 g/mol. The van der Waals surface area contributed by atoms with Crippen molar-refractivity contribution >= 4 is 17.9 Å². The molecule has 0 aromatic carbocycles. The number of carbonyl (C=O) groups excluding carboxylic acids is 1. The summed E-state index contributed by atoms with van der Waals surface area (Å²) in [6.45, 7) is 2.66. The Morgan fingerprint density at radius 3 is 3.22 bits per heavy atom. The van der Waals surface area contributed by atoms with E-state index in [-0.39, 0.29) is 5.91 Å². The molecule has 2 aromatic heterocycles. The van der Waals surface area contributed by atoms with Gasteiger partial charge in [-0.3, -0.25) is 10.1 Å². The van der Waals surface area contributed by atoms with Crippen LogP contribution in [-0.4, -0.2) is 26.1 Å². The number of amides is 1. The molecular weight excluding hydrogens is 234 g/mol. The fourth-order valence-corrected chi connectivity index (χ4v) is 1.35. The predicted molar refractivity (Wildman–Crippen MR) is 64.5 cm³/mol. The zero-order valence-electron chi connectivity index (χ0n) is 9.91. The molecule has 0 aliphatic heterocycles. The summed E-state index contributed by atoms with van der Waals surface area (Å²) in [6, 6.07) is 3.50. The molecule has 2 rings (SSSR count). The Bertz CT molecular complexity index is 529. The van der Waals surface area contributed by atoms with E-state index in [2.05, 4.69) is 20.8 Å². The summed E-state index contributed by atoms with van der Waals surface area (Å²) in [7, 11) is 0. The molecule has 1 N–H and O–H groups in total. The Hall–Kier alpha value is -2.44. The average Bonchev–Trinajstić information content (AvgIpc) is 2.99. The molecule has 0 bridgehead atoms. The van der Waals surface area contributed by atoms with Crippen LogP contribution in [-0.2, 0) is 11.3 Å². The summed E-state index contributed by atoms with van der Waals surface area (Å²) < 4.78 is 6.61. The number of hydrogen-bond acceptors (Lipinski definition) is 5. The van der Waals surface area contributed by atoms with Gasteiger partial charge in [-0.2, -0.15) is 0 Å². The quantitative estimate of drug-likeness (QED) is 0.805. The molecule has 94 valence electrons. The zero-order chi connectivity index (χ0) is 12.8. The Labute approximate surface area is 103 Å². The number of furan rings is 1. The van der Waals surface area contributed by atoms with Crippen molar-refractivity contribution in [1.29, 1.82) is 0 Å². The third-order valence-corrected chi connectivity index (χ3v) is 2.14. The maximum Gasteiger partial charge on any atom is 0.250 e. The van der Waals surface area contributed by atoms with Gasteiger partial charge in [0.15, 0.2) is 0 Å². The second-order valence-corrected chi connectivity index (χ2v) is 3.56. The smallest absolute Gasteiger partial charge is 0.250 e. The van der Waals surface area contributed by atoms with Gasteiger partial charge in [0.1, 0.15) is 5.76 Å². The van der Waals surface area contributed by atoms with Crippen molar-refractivity contribution in [2.75, 3.05) is 5.32 Å². The number of hydrogen-bond donors (Lipinski definition) is 1. The first-order valence-corrected chi connectivity index (χ1v) is 5.58. The van der Waals surface area contributed by atoms with Crippen LogP contribution in [0.15, 0.2) is 28.9 Å². The number of nitrogens with one attached hydrogen (secondary N) is 1. The van der Waals surface area contributed by atoms with E-state index in [1.807, 2.05) is 6.92 Å². The molecule has 0 fully saturated rings. The maximum atomic E-state index is 11.6. The Morgan fingerprint density at radius 2 is 2.50 bits per heavy atom. The van der Waals surface area contributed by atoms with Crippen LogP contribution >= 0.6 is 0 Å². The highest BCUT2D eigenvalue weighted by molar-refractivity contribution is 6.00. The van der Waals surface area contributed by atoms with E-state index in [0.717, 1.165) is 6.42 Å². The Kier molecular flexibility index (Phi) is 3.85. The van der Waals surface area contributed by atoms with Gasteiger partial charge in [-0.1, -0.05) is 12.0 Å². The molecule has 0 spiro atoms. The lowest BCUT2D eigenvalue weighted by molar-refractivity contribution is -0.111. The molecule has 0 unspecified atom stereocenters. The number of tetrazole rings is 1. The van der Waals surface area contributed by atoms with Crippen LogP contribution in [0.2, 0.25) is 0 Å². The molecule has 0 aliphatic rings. The van der Waals surface area contributed by atoms with E-state index in [9.17, 15) is 4.79 Å². The molecule has 0 saturated heterocycles. The van der Waals surface area contributed by atoms with E-state index in [1.54, 1.807) is 29.2 Å². The largest absolute Gasteiger partial charge is 0.465 e. The van der Waals surface area contributed by atoms with Gasteiger partial charge in [0.25, 0.3) is 5.91 Å². The number of anilines is 1. The van der Waals surface area contributed by atoms with Crippen molar-refractivity contribution in [3.05, 3.63) is 30.2 Å². The van der Waals surface area contributed by atoms with Crippen LogP contribution in [0.1, 0.15) is 19.1 Å². The molecule has 1 amide bonds. The molecule has 0 saturated carbocycles. The van der Waals surface area contributed by atoms with Crippen molar-refractivity contribution in [3.63, 3.8) is 0 Å². The highest BCUT2D eigenvalue weighted by Gasteiger charge is 2.07. The van der Waals surface area contributed by atoms with Crippen LogP contribution in [0.3, 0.4) is 0 Å². The van der Waals surface area contributed by atoms with Gasteiger partial charge < -0.3 is 4.42 Å². The first-order chi connectivity index (χ1) is 8.79. The van der Waals surface area contributed by atoms with Gasteiger partial charge in [0, 0.05) is 12.6 Å². The Balaban J connectivity index is 1.96. The minimum atomic E-state index is -0.307. The number of aromatic nitrogens is 4. The van der Waals surface area contributed by atoms with Crippen molar-refractivity contribution in [2.24, 2.45) is 0 Å². The second-order valence-electron chi connectivity index (χ2n) is 3.56. The summed E-state index contributed by atoms with van der Waals surface area (Å²) in [6.07, 6.45) is 5.36. The van der Waals surface area contributed by atoms with Crippen molar-refractivity contribution in [2.45, 2.75) is 19.9 Å². The van der Waals surface area contributed by atoms with Crippen LogP contribution in [0.4, 0.5) is 5.95 Å². The van der Waals surface area contributed by atoms with Crippen LogP contribution < -0.4 is 5.32 Å². The molecule has 7 heteroatoms. The first-order valence-electron chi connectivity index (χ1n) is 5.58. The molecule has 2 heterocycles. The lowest BCUT2D eigenvalue weighted by atomic mass is 10.4. The SMILES string of the molecule is CCCn1nnnc1NC(=O)/C=C/c1ccco1. The first kappa shape index (κ1) is 12.0. The maximum absolute atomic E-state index is 11.6.